The fourth-order valence-electron chi connectivity index (χ4n) is 1.11. The number of hydrogen-bond acceptors (Lipinski definition) is 3. The number of carboxylic acids is 1. The number of carbonyl (C=O) groups is 2. The van der Waals surface area contributed by atoms with Gasteiger partial charge in [0.2, 0.25) is 0 Å². The third-order valence-corrected chi connectivity index (χ3v) is 2.06. The monoisotopic (exact) mass is 217 g/mol. The Bertz CT molecular complexity index is 213. The normalized spacial score (nSPS) is 17.3. The van der Waals surface area contributed by atoms with Crippen LogP contribution in [0.1, 0.15) is 26.2 Å². The van der Waals surface area contributed by atoms with E-state index in [0.29, 0.717) is 0 Å². The van der Waals surface area contributed by atoms with Gasteiger partial charge in [-0.3, -0.25) is 4.79 Å². The van der Waals surface area contributed by atoms with Gasteiger partial charge in [0.15, 0.2) is 0 Å². The zero-order chi connectivity index (χ0) is 11.8. The second kappa shape index (κ2) is 7.05. The zero-order valence-electron chi connectivity index (χ0n) is 8.98. The van der Waals surface area contributed by atoms with Crippen LogP contribution in [0, 0.1) is 0 Å². The molecule has 88 valence electrons. The molecule has 1 atom stereocenters. The summed E-state index contributed by atoms with van der Waals surface area (Å²) >= 11 is 0. The van der Waals surface area contributed by atoms with Crippen LogP contribution in [-0.2, 0) is 4.79 Å². The van der Waals surface area contributed by atoms with E-state index in [2.05, 4.69) is 0 Å². The summed E-state index contributed by atoms with van der Waals surface area (Å²) in [4.78, 5) is 21.8. The van der Waals surface area contributed by atoms with Gasteiger partial charge in [0, 0.05) is 13.1 Å². The molecule has 1 rings (SSSR count). The van der Waals surface area contributed by atoms with Crippen LogP contribution in [0.15, 0.2) is 0 Å². The number of carbonyl (C=O) groups excluding carboxylic acids is 1. The molecule has 0 aromatic carbocycles. The van der Waals surface area contributed by atoms with Crippen LogP contribution >= 0.6 is 0 Å². The van der Waals surface area contributed by atoms with Crippen LogP contribution in [0.5, 0.6) is 0 Å². The van der Waals surface area contributed by atoms with Crippen LogP contribution in [0.2, 0.25) is 0 Å². The van der Waals surface area contributed by atoms with E-state index >= 15 is 0 Å². The van der Waals surface area contributed by atoms with Crippen LogP contribution in [0.25, 0.3) is 0 Å². The molecule has 15 heavy (non-hydrogen) atoms. The second-order valence-electron chi connectivity index (χ2n) is 3.51. The maximum Gasteiger partial charge on any atom is 0.320 e. The summed E-state index contributed by atoms with van der Waals surface area (Å²) in [5.41, 5.74) is 9.89. The van der Waals surface area contributed by atoms with E-state index in [4.69, 9.17) is 16.6 Å². The van der Waals surface area contributed by atoms with Gasteiger partial charge in [-0.2, -0.15) is 0 Å². The van der Waals surface area contributed by atoms with Gasteiger partial charge in [-0.15, -0.1) is 0 Å². The Morgan fingerprint density at radius 1 is 1.27 bits per heavy atom. The van der Waals surface area contributed by atoms with Crippen molar-refractivity contribution in [3.63, 3.8) is 0 Å². The number of nitrogens with two attached hydrogens (primary N) is 2. The molecule has 1 aliphatic heterocycles. The SMILES string of the molecule is C[C@H](N)C(=O)O.NC(=O)N1CCCCC1. The number of amides is 2. The number of aliphatic carboxylic acids is 1. The smallest absolute Gasteiger partial charge is 0.320 e. The van der Waals surface area contributed by atoms with E-state index < -0.39 is 12.0 Å². The van der Waals surface area contributed by atoms with Gasteiger partial charge in [0.05, 0.1) is 0 Å². The predicted octanol–water partition coefficient (Wildman–Crippen LogP) is -0.0308. The Morgan fingerprint density at radius 2 is 1.67 bits per heavy atom. The highest BCUT2D eigenvalue weighted by atomic mass is 16.4. The summed E-state index contributed by atoms with van der Waals surface area (Å²) in [6.07, 6.45) is 3.47. The molecule has 0 aromatic heterocycles. The topological polar surface area (TPSA) is 110 Å². The summed E-state index contributed by atoms with van der Waals surface area (Å²) in [6.45, 7) is 3.13. The minimum Gasteiger partial charge on any atom is -0.480 e. The zero-order valence-corrected chi connectivity index (χ0v) is 8.98. The Kier molecular flexibility index (Phi) is 6.44. The minimum atomic E-state index is -0.963. The lowest BCUT2D eigenvalue weighted by Crippen LogP contribution is -2.39. The van der Waals surface area contributed by atoms with Gasteiger partial charge in [-0.25, -0.2) is 4.79 Å². The molecule has 1 saturated heterocycles. The summed E-state index contributed by atoms with van der Waals surface area (Å²) < 4.78 is 0. The van der Waals surface area contributed by atoms with E-state index in [1.807, 2.05) is 0 Å². The first-order valence-electron chi connectivity index (χ1n) is 4.98. The lowest BCUT2D eigenvalue weighted by atomic mass is 10.1. The van der Waals surface area contributed by atoms with Crippen molar-refractivity contribution in [1.29, 1.82) is 0 Å². The molecule has 6 nitrogen and oxygen atoms in total. The molecule has 0 bridgehead atoms. The molecular formula is C9H19N3O3. The summed E-state index contributed by atoms with van der Waals surface area (Å²) in [5.74, 6) is -0.963. The fourth-order valence-corrected chi connectivity index (χ4v) is 1.11. The lowest BCUT2D eigenvalue weighted by molar-refractivity contribution is -0.138. The van der Waals surface area contributed by atoms with Crippen molar-refractivity contribution < 1.29 is 14.7 Å². The molecular weight excluding hydrogens is 198 g/mol. The first-order chi connectivity index (χ1) is 6.95. The number of likely N-dealkylation sites (tertiary alicyclic amines) is 1. The molecule has 2 amide bonds. The number of primary amides is 1. The molecule has 1 heterocycles. The highest BCUT2D eigenvalue weighted by Gasteiger charge is 2.11. The van der Waals surface area contributed by atoms with Crippen molar-refractivity contribution in [2.75, 3.05) is 13.1 Å². The van der Waals surface area contributed by atoms with Gasteiger partial charge in [-0.1, -0.05) is 0 Å². The molecule has 0 unspecified atom stereocenters. The third-order valence-electron chi connectivity index (χ3n) is 2.06. The van der Waals surface area contributed by atoms with Crippen LogP contribution in [0.3, 0.4) is 0 Å². The summed E-state index contributed by atoms with van der Waals surface area (Å²) in [7, 11) is 0. The maximum atomic E-state index is 10.5. The molecule has 1 aliphatic rings. The van der Waals surface area contributed by atoms with Gasteiger partial charge in [0.1, 0.15) is 6.04 Å². The van der Waals surface area contributed by atoms with Crippen LogP contribution in [0.4, 0.5) is 4.79 Å². The fraction of sp³-hybridized carbons (Fsp3) is 0.778. The highest BCUT2D eigenvalue weighted by molar-refractivity contribution is 5.72. The van der Waals surface area contributed by atoms with Crippen molar-refractivity contribution in [3.05, 3.63) is 0 Å². The Balaban J connectivity index is 0.000000288. The highest BCUT2D eigenvalue weighted by Crippen LogP contribution is 2.06. The molecule has 0 saturated carbocycles. The number of urea groups is 1. The maximum absolute atomic E-state index is 10.5. The van der Waals surface area contributed by atoms with E-state index in [0.717, 1.165) is 25.9 Å². The molecule has 6 heteroatoms. The minimum absolute atomic E-state index is 0.269. The van der Waals surface area contributed by atoms with Crippen molar-refractivity contribution in [3.8, 4) is 0 Å². The Hall–Kier alpha value is -1.30. The summed E-state index contributed by atoms with van der Waals surface area (Å²) in [5, 5.41) is 7.87. The van der Waals surface area contributed by atoms with E-state index in [1.54, 1.807) is 4.90 Å². The lowest BCUT2D eigenvalue weighted by Gasteiger charge is -2.24. The molecule has 0 aromatic rings. The van der Waals surface area contributed by atoms with E-state index in [9.17, 15) is 9.59 Å². The largest absolute Gasteiger partial charge is 0.480 e. The molecule has 5 N–H and O–H groups in total. The third kappa shape index (κ3) is 6.73. The van der Waals surface area contributed by atoms with E-state index in [-0.39, 0.29) is 6.03 Å². The van der Waals surface area contributed by atoms with Gasteiger partial charge < -0.3 is 21.5 Å². The molecule has 0 radical (unpaired) electrons. The second-order valence-corrected chi connectivity index (χ2v) is 3.51. The van der Waals surface area contributed by atoms with Crippen LogP contribution < -0.4 is 11.5 Å². The molecule has 1 fully saturated rings. The number of nitrogens with zero attached hydrogens (tertiary/aromatic N) is 1. The average molecular weight is 217 g/mol. The van der Waals surface area contributed by atoms with Crippen LogP contribution in [-0.4, -0.2) is 41.1 Å². The van der Waals surface area contributed by atoms with Crippen molar-refractivity contribution >= 4 is 12.0 Å². The molecule has 0 aliphatic carbocycles. The van der Waals surface area contributed by atoms with Gasteiger partial charge in [0.25, 0.3) is 0 Å². The van der Waals surface area contributed by atoms with E-state index in [1.165, 1.54) is 13.3 Å². The average Bonchev–Trinajstić information content (AvgIpc) is 2.20. The Morgan fingerprint density at radius 3 is 1.87 bits per heavy atom. The van der Waals surface area contributed by atoms with Crippen molar-refractivity contribution in [2.45, 2.75) is 32.2 Å². The predicted molar refractivity (Wildman–Crippen MR) is 56.3 cm³/mol. The first-order valence-corrected chi connectivity index (χ1v) is 4.98. The Labute approximate surface area is 89.2 Å². The van der Waals surface area contributed by atoms with Crippen molar-refractivity contribution in [2.24, 2.45) is 11.5 Å². The van der Waals surface area contributed by atoms with Gasteiger partial charge >= 0.3 is 12.0 Å². The number of rotatable bonds is 1. The number of piperidine rings is 1. The summed E-state index contributed by atoms with van der Waals surface area (Å²) in [6, 6.07) is -1.00. The standard InChI is InChI=1S/C6H12N2O.C3H7NO2/c7-6(9)8-4-2-1-3-5-8;1-2(4)3(5)6/h1-5H2,(H2,7,9);2H,4H2,1H3,(H,5,6)/t;2-/m.0/s1. The number of carboxylic acid groups (broad SMARTS) is 1. The molecule has 0 spiro atoms. The number of hydrogen-bond donors (Lipinski definition) is 3. The first kappa shape index (κ1) is 13.7. The van der Waals surface area contributed by atoms with Gasteiger partial charge in [-0.05, 0) is 26.2 Å². The quantitative estimate of drug-likeness (QED) is 0.572. The van der Waals surface area contributed by atoms with Crippen molar-refractivity contribution in [1.82, 2.24) is 4.90 Å².